The number of alkyl halides is 3. The van der Waals surface area contributed by atoms with E-state index in [-0.39, 0.29) is 18.3 Å². The molecule has 3 rings (SSSR count). The van der Waals surface area contributed by atoms with Gasteiger partial charge in [-0.2, -0.15) is 0 Å². The first-order valence-corrected chi connectivity index (χ1v) is 9.39. The Kier molecular flexibility index (Phi) is 6.01. The Balaban J connectivity index is 0.00000192. The van der Waals surface area contributed by atoms with Gasteiger partial charge in [-0.05, 0) is 30.9 Å². The Morgan fingerprint density at radius 1 is 1.04 bits per heavy atom. The molecule has 1 unspecified atom stereocenters. The first-order valence-electron chi connectivity index (χ1n) is 8.16. The third-order valence-electron chi connectivity index (χ3n) is 4.73. The second kappa shape index (κ2) is 7.43. The highest BCUT2D eigenvalue weighted by atomic mass is 35.5. The second-order valence-corrected chi connectivity index (χ2v) is 8.20. The van der Waals surface area contributed by atoms with Crippen LogP contribution in [0.4, 0.5) is 13.2 Å². The Morgan fingerprint density at radius 3 is 2.26 bits per heavy atom. The van der Waals surface area contributed by atoms with Crippen molar-refractivity contribution in [2.24, 2.45) is 0 Å². The van der Waals surface area contributed by atoms with Gasteiger partial charge in [-0.1, -0.05) is 38.7 Å². The summed E-state index contributed by atoms with van der Waals surface area (Å²) in [6.45, 7) is 1.99. The van der Waals surface area contributed by atoms with Gasteiger partial charge in [0.15, 0.2) is 9.58 Å². The number of halogens is 4. The van der Waals surface area contributed by atoms with Crippen LogP contribution < -0.4 is 0 Å². The first-order chi connectivity index (χ1) is 10.5. The van der Waals surface area contributed by atoms with Gasteiger partial charge in [-0.25, -0.2) is 0 Å². The van der Waals surface area contributed by atoms with Crippen LogP contribution in [0.2, 0.25) is 0 Å². The molecule has 1 fully saturated rings. The molecule has 0 radical (unpaired) electrons. The maximum atomic E-state index is 13.8. The molecule has 1 heterocycles. The lowest BCUT2D eigenvalue weighted by atomic mass is 9.98. The van der Waals surface area contributed by atoms with E-state index < -0.39 is 16.0 Å². The molecule has 5 heteroatoms. The molecular formula is C18H23ClF3S+. The van der Waals surface area contributed by atoms with E-state index in [1.807, 2.05) is 25.1 Å². The number of rotatable bonds is 2. The standard InChI is InChI=1S/C18H22F3S.ClH/c1-2-13-9-10-15-12-17(14-7-5-3-4-6-8-14)22(16(15)11-13)18(19,20)21;/h9-12,14H,2-8H2,1H3;1H/q+1;. The molecular weight excluding hydrogens is 341 g/mol. The van der Waals surface area contributed by atoms with Crippen molar-refractivity contribution < 1.29 is 13.2 Å². The molecule has 1 atom stereocenters. The van der Waals surface area contributed by atoms with Crippen LogP contribution in [-0.2, 0) is 11.9 Å². The molecule has 1 aromatic heterocycles. The fraction of sp³-hybridized carbons (Fsp3) is 0.556. The van der Waals surface area contributed by atoms with Gasteiger partial charge in [0.2, 0.25) is 0 Å². The zero-order chi connectivity index (χ0) is 15.7. The van der Waals surface area contributed by atoms with E-state index in [2.05, 4.69) is 0 Å². The van der Waals surface area contributed by atoms with Crippen LogP contribution in [0.3, 0.4) is 0 Å². The third-order valence-corrected chi connectivity index (χ3v) is 6.91. The zero-order valence-electron chi connectivity index (χ0n) is 13.3. The highest BCUT2D eigenvalue weighted by Crippen LogP contribution is 2.54. The lowest BCUT2D eigenvalue weighted by Gasteiger charge is -2.10. The Labute approximate surface area is 144 Å². The summed E-state index contributed by atoms with van der Waals surface area (Å²) < 4.78 is 41.8. The largest absolute Gasteiger partial charge is 0.600 e. The van der Waals surface area contributed by atoms with E-state index in [1.165, 1.54) is 0 Å². The first kappa shape index (κ1) is 18.6. The van der Waals surface area contributed by atoms with E-state index in [4.69, 9.17) is 0 Å². The van der Waals surface area contributed by atoms with Gasteiger partial charge in [0.05, 0.1) is 10.5 Å². The third kappa shape index (κ3) is 3.85. The van der Waals surface area contributed by atoms with Gasteiger partial charge >= 0.3 is 5.51 Å². The molecule has 23 heavy (non-hydrogen) atoms. The average molecular weight is 364 g/mol. The van der Waals surface area contributed by atoms with E-state index >= 15 is 0 Å². The van der Waals surface area contributed by atoms with Crippen molar-refractivity contribution in [2.75, 3.05) is 0 Å². The number of thiophene rings is 1. The van der Waals surface area contributed by atoms with Crippen molar-refractivity contribution in [1.29, 1.82) is 0 Å². The van der Waals surface area contributed by atoms with Crippen molar-refractivity contribution in [3.63, 3.8) is 0 Å². The molecule has 1 saturated carbocycles. The van der Waals surface area contributed by atoms with Gasteiger partial charge < -0.3 is 0 Å². The van der Waals surface area contributed by atoms with Crippen LogP contribution in [-0.4, -0.2) is 0 Å². The lowest BCUT2D eigenvalue weighted by molar-refractivity contribution is -0.0868. The monoisotopic (exact) mass is 363 g/mol. The quantitative estimate of drug-likeness (QED) is 0.383. The van der Waals surface area contributed by atoms with Crippen molar-refractivity contribution in [3.05, 3.63) is 34.7 Å². The minimum Gasteiger partial charge on any atom is -0.147 e. The molecule has 128 valence electrons. The van der Waals surface area contributed by atoms with E-state index in [0.717, 1.165) is 55.9 Å². The molecule has 2 aromatic rings. The van der Waals surface area contributed by atoms with Crippen molar-refractivity contribution in [3.8, 4) is 0 Å². The number of benzene rings is 1. The fourth-order valence-electron chi connectivity index (χ4n) is 3.54. The average Bonchev–Trinajstić information content (AvgIpc) is 2.66. The Morgan fingerprint density at radius 2 is 1.70 bits per heavy atom. The summed E-state index contributed by atoms with van der Waals surface area (Å²) in [7, 11) is -1.71. The minimum absolute atomic E-state index is 0. The van der Waals surface area contributed by atoms with Crippen LogP contribution >= 0.6 is 22.9 Å². The molecule has 0 bridgehead atoms. The summed E-state index contributed by atoms with van der Waals surface area (Å²) in [5.41, 5.74) is -3.16. The molecule has 0 spiro atoms. The predicted molar refractivity (Wildman–Crippen MR) is 94.8 cm³/mol. The summed E-state index contributed by atoms with van der Waals surface area (Å²) >= 11 is 0. The number of hydrogen-bond acceptors (Lipinski definition) is 0. The number of hydrogen-bond donors (Lipinski definition) is 0. The van der Waals surface area contributed by atoms with Crippen molar-refractivity contribution in [1.82, 2.24) is 0 Å². The van der Waals surface area contributed by atoms with Gasteiger partial charge in [0.1, 0.15) is 0 Å². The normalized spacial score (nSPS) is 17.8. The van der Waals surface area contributed by atoms with Crippen molar-refractivity contribution in [2.45, 2.75) is 63.3 Å². The van der Waals surface area contributed by atoms with Crippen LogP contribution in [0.15, 0.2) is 24.3 Å². The molecule has 0 N–H and O–H groups in total. The zero-order valence-corrected chi connectivity index (χ0v) is 14.9. The second-order valence-electron chi connectivity index (χ2n) is 6.21. The lowest BCUT2D eigenvalue weighted by Crippen LogP contribution is -2.02. The van der Waals surface area contributed by atoms with Gasteiger partial charge in [0.25, 0.3) is 0 Å². The number of aryl methyl sites for hydroxylation is 1. The highest BCUT2D eigenvalue weighted by molar-refractivity contribution is 7.38. The van der Waals surface area contributed by atoms with Gasteiger partial charge in [-0.3, -0.25) is 0 Å². The molecule has 0 amide bonds. The van der Waals surface area contributed by atoms with Crippen molar-refractivity contribution >= 4 is 33.0 Å². The Bertz CT molecular complexity index is 652. The number of fused-ring (bicyclic) bond motifs is 1. The summed E-state index contributed by atoms with van der Waals surface area (Å²) in [4.78, 5) is 0.651. The SMILES string of the molecule is CCc1ccc2cc(C3CCCCCC3)[s+](C(F)(F)F)c2c1.Cl. The van der Waals surface area contributed by atoms with Crippen LogP contribution in [0.5, 0.6) is 0 Å². The maximum absolute atomic E-state index is 13.8. The smallest absolute Gasteiger partial charge is 0.147 e. The van der Waals surface area contributed by atoms with E-state index in [9.17, 15) is 13.2 Å². The topological polar surface area (TPSA) is 0 Å². The molecule has 1 aliphatic rings. The van der Waals surface area contributed by atoms with Crippen LogP contribution in [0.1, 0.15) is 61.8 Å². The molecule has 0 aliphatic heterocycles. The van der Waals surface area contributed by atoms with Crippen LogP contribution in [0.25, 0.3) is 10.1 Å². The minimum atomic E-state index is -4.16. The van der Waals surface area contributed by atoms with Gasteiger partial charge in [0, 0.05) is 23.4 Å². The van der Waals surface area contributed by atoms with Crippen LogP contribution in [0, 0.1) is 0 Å². The molecule has 1 aromatic carbocycles. The molecule has 0 nitrogen and oxygen atoms in total. The highest BCUT2D eigenvalue weighted by Gasteiger charge is 2.49. The van der Waals surface area contributed by atoms with E-state index in [0.29, 0.717) is 9.58 Å². The summed E-state index contributed by atoms with van der Waals surface area (Å²) in [6, 6.07) is 7.47. The van der Waals surface area contributed by atoms with E-state index in [1.54, 1.807) is 6.07 Å². The summed E-state index contributed by atoms with van der Waals surface area (Å²) in [5, 5.41) is 0.789. The summed E-state index contributed by atoms with van der Waals surface area (Å²) in [5.74, 6) is 0.116. The maximum Gasteiger partial charge on any atom is 0.600 e. The molecule has 0 saturated heterocycles. The molecule has 1 aliphatic carbocycles. The summed E-state index contributed by atoms with van der Waals surface area (Å²) in [6.07, 6.45) is 7.06. The van der Waals surface area contributed by atoms with Gasteiger partial charge in [-0.15, -0.1) is 25.6 Å². The predicted octanol–water partition coefficient (Wildman–Crippen LogP) is 7.49. The fourth-order valence-corrected chi connectivity index (χ4v) is 5.76. The Hall–Kier alpha value is -0.740.